The molecule has 1 aromatic rings. The Kier molecular flexibility index (Phi) is 5.97. The number of carbonyl (C=O) groups excluding carboxylic acids is 2. The largest absolute Gasteiger partial charge is 0.373 e. The number of piperazine rings is 1. The average molecular weight is 418 g/mol. The third-order valence-corrected chi connectivity index (χ3v) is 6.74. The van der Waals surface area contributed by atoms with Gasteiger partial charge in [0, 0.05) is 75.9 Å². The van der Waals surface area contributed by atoms with E-state index in [0.29, 0.717) is 18.0 Å². The molecule has 0 aliphatic carbocycles. The lowest BCUT2D eigenvalue weighted by Crippen LogP contribution is -2.60. The molecule has 1 unspecified atom stereocenters. The maximum atomic E-state index is 14.1. The first kappa shape index (κ1) is 21.1. The molecule has 7 nitrogen and oxygen atoms in total. The highest BCUT2D eigenvalue weighted by molar-refractivity contribution is 5.88. The van der Waals surface area contributed by atoms with Crippen molar-refractivity contribution in [3.63, 3.8) is 0 Å². The van der Waals surface area contributed by atoms with Gasteiger partial charge in [-0.1, -0.05) is 6.07 Å². The van der Waals surface area contributed by atoms with Gasteiger partial charge in [0.2, 0.25) is 11.8 Å². The van der Waals surface area contributed by atoms with E-state index in [1.165, 1.54) is 6.07 Å². The van der Waals surface area contributed by atoms with Crippen LogP contribution in [0, 0.1) is 12.7 Å². The van der Waals surface area contributed by atoms with Crippen LogP contribution >= 0.6 is 0 Å². The fraction of sp³-hybridized carbons (Fsp3) is 0.636. The highest BCUT2D eigenvalue weighted by Crippen LogP contribution is 2.31. The Bertz CT molecular complexity index is 793. The van der Waals surface area contributed by atoms with Gasteiger partial charge in [0.25, 0.3) is 0 Å². The summed E-state index contributed by atoms with van der Waals surface area (Å²) in [6.45, 7) is 8.60. The van der Waals surface area contributed by atoms with Crippen molar-refractivity contribution in [2.75, 3.05) is 51.6 Å². The molecule has 2 fully saturated rings. The molecule has 0 radical (unpaired) electrons. The standard InChI is InChI=1S/C22H32FN5O2/c1-14-4-5-19(23)18-11-20(25-21(14)18)22(30)24-16-10-17(13-26(3)12-16)28-8-6-27(7-9-28)15(2)29/h4-5,16-17,20,25H,6-13H2,1-3H3,(H,24,30)/t16-,17-,20?/m1/s1. The van der Waals surface area contributed by atoms with E-state index in [4.69, 9.17) is 0 Å². The molecule has 8 heteroatoms. The number of carbonyl (C=O) groups is 2. The molecule has 0 bridgehead atoms. The zero-order chi connectivity index (χ0) is 21.4. The fourth-order valence-electron chi connectivity index (χ4n) is 5.09. The van der Waals surface area contributed by atoms with Crippen molar-refractivity contribution in [2.24, 2.45) is 0 Å². The number of piperidine rings is 1. The summed E-state index contributed by atoms with van der Waals surface area (Å²) in [5.74, 6) is -0.177. The van der Waals surface area contributed by atoms with Crippen LogP contribution in [0.3, 0.4) is 0 Å². The third-order valence-electron chi connectivity index (χ3n) is 6.74. The molecule has 3 aliphatic heterocycles. The highest BCUT2D eigenvalue weighted by atomic mass is 19.1. The van der Waals surface area contributed by atoms with E-state index in [9.17, 15) is 14.0 Å². The summed E-state index contributed by atoms with van der Waals surface area (Å²) in [6.07, 6.45) is 1.27. The number of likely N-dealkylation sites (tertiary alicyclic amines) is 1. The normalized spacial score (nSPS) is 27.5. The van der Waals surface area contributed by atoms with Crippen LogP contribution in [0.25, 0.3) is 0 Å². The summed E-state index contributed by atoms with van der Waals surface area (Å²) >= 11 is 0. The summed E-state index contributed by atoms with van der Waals surface area (Å²) in [6, 6.07) is 3.21. The second-order valence-electron chi connectivity index (χ2n) is 8.98. The van der Waals surface area contributed by atoms with Crippen LogP contribution in [0.2, 0.25) is 0 Å². The Morgan fingerprint density at radius 1 is 1.17 bits per heavy atom. The first-order chi connectivity index (χ1) is 14.3. The topological polar surface area (TPSA) is 67.9 Å². The van der Waals surface area contributed by atoms with E-state index < -0.39 is 6.04 Å². The lowest BCUT2D eigenvalue weighted by molar-refractivity contribution is -0.131. The number of halogens is 1. The van der Waals surface area contributed by atoms with Crippen LogP contribution in [0.4, 0.5) is 10.1 Å². The highest BCUT2D eigenvalue weighted by Gasteiger charge is 2.35. The number of fused-ring (bicyclic) bond motifs is 1. The SMILES string of the molecule is CC(=O)N1CCN([C@@H]2C[C@@H](NC(=O)C3Cc4c(F)ccc(C)c4N3)CN(C)C2)CC1. The smallest absolute Gasteiger partial charge is 0.243 e. The molecule has 4 rings (SSSR count). The minimum absolute atomic E-state index is 0.0588. The summed E-state index contributed by atoms with van der Waals surface area (Å²) in [4.78, 5) is 31.1. The predicted octanol–water partition coefficient (Wildman–Crippen LogP) is 0.824. The number of hydrogen-bond donors (Lipinski definition) is 2. The van der Waals surface area contributed by atoms with Crippen molar-refractivity contribution in [1.82, 2.24) is 20.0 Å². The molecular weight excluding hydrogens is 385 g/mol. The van der Waals surface area contributed by atoms with Gasteiger partial charge < -0.3 is 20.4 Å². The molecule has 3 heterocycles. The van der Waals surface area contributed by atoms with Gasteiger partial charge in [-0.15, -0.1) is 0 Å². The molecule has 1 aromatic carbocycles. The Balaban J connectivity index is 1.34. The number of nitrogens with zero attached hydrogens (tertiary/aromatic N) is 3. The molecule has 3 aliphatic rings. The molecule has 30 heavy (non-hydrogen) atoms. The van der Waals surface area contributed by atoms with E-state index >= 15 is 0 Å². The first-order valence-electron chi connectivity index (χ1n) is 10.8. The maximum absolute atomic E-state index is 14.1. The molecule has 0 spiro atoms. The van der Waals surface area contributed by atoms with Gasteiger partial charge in [0.1, 0.15) is 11.9 Å². The van der Waals surface area contributed by atoms with Crippen molar-refractivity contribution in [1.29, 1.82) is 0 Å². The summed E-state index contributed by atoms with van der Waals surface area (Å²) in [7, 11) is 2.08. The molecule has 2 amide bonds. The molecule has 164 valence electrons. The first-order valence-corrected chi connectivity index (χ1v) is 10.8. The molecular formula is C22H32FN5O2. The number of amides is 2. The van der Waals surface area contributed by atoms with E-state index in [0.717, 1.165) is 56.9 Å². The zero-order valence-corrected chi connectivity index (χ0v) is 18.1. The van der Waals surface area contributed by atoms with Crippen molar-refractivity contribution in [3.8, 4) is 0 Å². The quantitative estimate of drug-likeness (QED) is 0.763. The lowest BCUT2D eigenvalue weighted by atomic mass is 9.98. The summed E-state index contributed by atoms with van der Waals surface area (Å²) in [5.41, 5.74) is 2.33. The molecule has 2 saturated heterocycles. The van der Waals surface area contributed by atoms with Crippen molar-refractivity contribution < 1.29 is 14.0 Å². The van der Waals surface area contributed by atoms with Crippen LogP contribution in [-0.2, 0) is 16.0 Å². The van der Waals surface area contributed by atoms with Crippen LogP contribution < -0.4 is 10.6 Å². The second kappa shape index (κ2) is 8.51. The third kappa shape index (κ3) is 4.30. The van der Waals surface area contributed by atoms with E-state index in [2.05, 4.69) is 27.5 Å². The zero-order valence-electron chi connectivity index (χ0n) is 18.1. The van der Waals surface area contributed by atoms with Gasteiger partial charge in [0.15, 0.2) is 0 Å². The van der Waals surface area contributed by atoms with Crippen LogP contribution in [-0.4, -0.2) is 91.0 Å². The molecule has 3 atom stereocenters. The number of likely N-dealkylation sites (N-methyl/N-ethyl adjacent to an activating group) is 1. The van der Waals surface area contributed by atoms with Crippen molar-refractivity contribution >= 4 is 17.5 Å². The Morgan fingerprint density at radius 2 is 1.90 bits per heavy atom. The van der Waals surface area contributed by atoms with Crippen LogP contribution in [0.1, 0.15) is 24.5 Å². The van der Waals surface area contributed by atoms with Gasteiger partial charge in [-0.3, -0.25) is 14.5 Å². The van der Waals surface area contributed by atoms with E-state index in [1.807, 2.05) is 11.8 Å². The Hall–Kier alpha value is -2.19. The number of benzene rings is 1. The number of anilines is 1. The number of hydrogen-bond acceptors (Lipinski definition) is 5. The lowest BCUT2D eigenvalue weighted by Gasteiger charge is -2.44. The molecule has 0 saturated carbocycles. The van der Waals surface area contributed by atoms with E-state index in [-0.39, 0.29) is 23.7 Å². The Morgan fingerprint density at radius 3 is 2.57 bits per heavy atom. The number of nitrogens with one attached hydrogen (secondary N) is 2. The minimum Gasteiger partial charge on any atom is -0.373 e. The molecule has 0 aromatic heterocycles. The number of aryl methyl sites for hydroxylation is 1. The van der Waals surface area contributed by atoms with Gasteiger partial charge in [-0.05, 0) is 32.0 Å². The summed E-state index contributed by atoms with van der Waals surface area (Å²) < 4.78 is 14.1. The van der Waals surface area contributed by atoms with E-state index in [1.54, 1.807) is 13.0 Å². The molecule has 2 N–H and O–H groups in total. The van der Waals surface area contributed by atoms with Crippen molar-refractivity contribution in [2.45, 2.75) is 44.8 Å². The predicted molar refractivity (Wildman–Crippen MR) is 114 cm³/mol. The number of rotatable bonds is 3. The fourth-order valence-corrected chi connectivity index (χ4v) is 5.09. The minimum atomic E-state index is -0.430. The maximum Gasteiger partial charge on any atom is 0.243 e. The van der Waals surface area contributed by atoms with Gasteiger partial charge in [-0.2, -0.15) is 0 Å². The van der Waals surface area contributed by atoms with Crippen LogP contribution in [0.5, 0.6) is 0 Å². The second-order valence-corrected chi connectivity index (χ2v) is 8.98. The average Bonchev–Trinajstić information content (AvgIpc) is 3.17. The van der Waals surface area contributed by atoms with Gasteiger partial charge in [-0.25, -0.2) is 4.39 Å². The van der Waals surface area contributed by atoms with Gasteiger partial charge >= 0.3 is 0 Å². The van der Waals surface area contributed by atoms with Crippen molar-refractivity contribution in [3.05, 3.63) is 29.1 Å². The monoisotopic (exact) mass is 417 g/mol. The van der Waals surface area contributed by atoms with Gasteiger partial charge in [0.05, 0.1) is 0 Å². The Labute approximate surface area is 177 Å². The summed E-state index contributed by atoms with van der Waals surface area (Å²) in [5, 5.41) is 6.42. The van der Waals surface area contributed by atoms with Crippen LogP contribution in [0.15, 0.2) is 12.1 Å².